The highest BCUT2D eigenvalue weighted by atomic mass is 31.1. The molecule has 2 nitrogen and oxygen atoms in total. The fourth-order valence-electron chi connectivity index (χ4n) is 2.64. The number of rotatable bonds is 8. The van der Waals surface area contributed by atoms with E-state index in [4.69, 9.17) is 4.74 Å². The molecule has 2 aromatic carbocycles. The summed E-state index contributed by atoms with van der Waals surface area (Å²) in [6, 6.07) is 7.64. The Morgan fingerprint density at radius 1 is 0.897 bits per heavy atom. The Bertz CT molecular complexity index is 796. The Kier molecular flexibility index (Phi) is 7.69. The molecule has 0 aromatic heterocycles. The fourth-order valence-corrected chi connectivity index (χ4v) is 3.63. The van der Waals surface area contributed by atoms with Gasteiger partial charge in [-0.1, -0.05) is 38.0 Å². The minimum atomic E-state index is -5.08. The van der Waals surface area contributed by atoms with E-state index < -0.39 is 43.1 Å². The number of alkyl halides is 6. The van der Waals surface area contributed by atoms with E-state index >= 15 is 0 Å². The summed E-state index contributed by atoms with van der Waals surface area (Å²) in [5, 5.41) is 0.320. The first-order chi connectivity index (χ1) is 13.5. The lowest BCUT2D eigenvalue weighted by molar-refractivity contribution is -0.143. The van der Waals surface area contributed by atoms with Gasteiger partial charge in [-0.25, -0.2) is 0 Å². The van der Waals surface area contributed by atoms with Crippen molar-refractivity contribution in [3.05, 3.63) is 59.2 Å². The van der Waals surface area contributed by atoms with E-state index in [-0.39, 0.29) is 0 Å². The standard InChI is InChI=1S/C20H19F6O2P/c1-2-3-4-12-28-13-8-10-14(11-9-13)29-18(27)17-15(19(21,22)23)6-5-7-16(17)20(24,25)26/h5-11,29H,2-4,12H2,1H3. The minimum Gasteiger partial charge on any atom is -0.494 e. The largest absolute Gasteiger partial charge is 0.494 e. The molecule has 2 aromatic rings. The average molecular weight is 436 g/mol. The van der Waals surface area contributed by atoms with Crippen molar-refractivity contribution in [1.82, 2.24) is 0 Å². The molecule has 0 aliphatic carbocycles. The lowest BCUT2D eigenvalue weighted by Crippen LogP contribution is -2.19. The zero-order valence-electron chi connectivity index (χ0n) is 15.5. The van der Waals surface area contributed by atoms with Gasteiger partial charge in [0.1, 0.15) is 5.75 Å². The molecule has 158 valence electrons. The van der Waals surface area contributed by atoms with Crippen LogP contribution in [-0.2, 0) is 12.4 Å². The predicted octanol–water partition coefficient (Wildman–Crippen LogP) is 6.44. The molecule has 0 radical (unpaired) electrons. The lowest BCUT2D eigenvalue weighted by Gasteiger charge is -2.17. The van der Waals surface area contributed by atoms with Gasteiger partial charge in [-0.3, -0.25) is 4.79 Å². The van der Waals surface area contributed by atoms with E-state index in [2.05, 4.69) is 0 Å². The van der Waals surface area contributed by atoms with Gasteiger partial charge in [0.2, 0.25) is 0 Å². The van der Waals surface area contributed by atoms with E-state index in [9.17, 15) is 31.1 Å². The number of hydrogen-bond acceptors (Lipinski definition) is 2. The number of carbonyl (C=O) groups is 1. The molecule has 0 saturated carbocycles. The highest BCUT2D eigenvalue weighted by Crippen LogP contribution is 2.41. The van der Waals surface area contributed by atoms with E-state index in [1.807, 2.05) is 6.92 Å². The summed E-state index contributed by atoms with van der Waals surface area (Å²) in [4.78, 5) is 12.5. The molecule has 0 heterocycles. The van der Waals surface area contributed by atoms with Gasteiger partial charge < -0.3 is 4.74 Å². The third kappa shape index (κ3) is 6.46. The van der Waals surface area contributed by atoms with Crippen LogP contribution in [0.4, 0.5) is 26.3 Å². The molecule has 1 atom stereocenters. The van der Waals surface area contributed by atoms with Crippen LogP contribution >= 0.6 is 8.58 Å². The van der Waals surface area contributed by atoms with Crippen molar-refractivity contribution in [2.75, 3.05) is 6.61 Å². The van der Waals surface area contributed by atoms with E-state index in [0.717, 1.165) is 19.3 Å². The van der Waals surface area contributed by atoms with Crippen molar-refractivity contribution in [3.63, 3.8) is 0 Å². The summed E-state index contributed by atoms with van der Waals surface area (Å²) in [6.45, 7) is 2.55. The second kappa shape index (κ2) is 9.61. The maximum absolute atomic E-state index is 13.2. The molecule has 29 heavy (non-hydrogen) atoms. The molecule has 2 rings (SSSR count). The normalized spacial score (nSPS) is 12.5. The van der Waals surface area contributed by atoms with Crippen molar-refractivity contribution in [3.8, 4) is 5.75 Å². The fraction of sp³-hybridized carbons (Fsp3) is 0.350. The van der Waals surface area contributed by atoms with Crippen molar-refractivity contribution in [2.45, 2.75) is 38.5 Å². The van der Waals surface area contributed by atoms with Gasteiger partial charge in [0.15, 0.2) is 5.52 Å². The highest BCUT2D eigenvalue weighted by molar-refractivity contribution is 7.66. The van der Waals surface area contributed by atoms with Crippen LogP contribution in [0.3, 0.4) is 0 Å². The molecule has 0 bridgehead atoms. The summed E-state index contributed by atoms with van der Waals surface area (Å²) in [5.74, 6) is 0.522. The topological polar surface area (TPSA) is 26.3 Å². The number of unbranched alkanes of at least 4 members (excludes halogenated alkanes) is 2. The SMILES string of the molecule is CCCCCOc1ccc(PC(=O)c2c(C(F)(F)F)cccc2C(F)(F)F)cc1. The Morgan fingerprint density at radius 3 is 1.93 bits per heavy atom. The number of benzene rings is 2. The first kappa shape index (κ1) is 23.2. The van der Waals surface area contributed by atoms with E-state index in [1.54, 1.807) is 12.1 Å². The second-order valence-corrected chi connectivity index (χ2v) is 7.54. The zero-order valence-corrected chi connectivity index (χ0v) is 16.5. The third-order valence-corrected chi connectivity index (χ3v) is 5.13. The summed E-state index contributed by atoms with van der Waals surface area (Å²) in [7, 11) is -0.889. The van der Waals surface area contributed by atoms with Crippen LogP contribution in [0, 0.1) is 0 Å². The third-order valence-electron chi connectivity index (χ3n) is 4.03. The molecule has 9 heteroatoms. The van der Waals surface area contributed by atoms with Crippen LogP contribution in [0.1, 0.15) is 47.7 Å². The van der Waals surface area contributed by atoms with Gasteiger partial charge in [0.25, 0.3) is 0 Å². The predicted molar refractivity (Wildman–Crippen MR) is 100 cm³/mol. The molecular formula is C20H19F6O2P. The monoisotopic (exact) mass is 436 g/mol. The van der Waals surface area contributed by atoms with Gasteiger partial charge in [0, 0.05) is 5.56 Å². The van der Waals surface area contributed by atoms with Crippen LogP contribution in [-0.4, -0.2) is 12.1 Å². The van der Waals surface area contributed by atoms with Crippen LogP contribution in [0.25, 0.3) is 0 Å². The zero-order chi connectivity index (χ0) is 21.7. The summed E-state index contributed by atoms with van der Waals surface area (Å²) >= 11 is 0. The van der Waals surface area contributed by atoms with Gasteiger partial charge in [-0.05, 0) is 44.6 Å². The minimum absolute atomic E-state index is 0.320. The number of ether oxygens (including phenoxy) is 1. The first-order valence-corrected chi connectivity index (χ1v) is 9.85. The quantitative estimate of drug-likeness (QED) is 0.271. The van der Waals surface area contributed by atoms with Crippen LogP contribution in [0.5, 0.6) is 5.75 Å². The van der Waals surface area contributed by atoms with Crippen molar-refractivity contribution < 1.29 is 35.9 Å². The van der Waals surface area contributed by atoms with Gasteiger partial charge in [0.05, 0.1) is 17.7 Å². The maximum Gasteiger partial charge on any atom is 0.417 e. The molecule has 0 aliphatic rings. The summed E-state index contributed by atoms with van der Waals surface area (Å²) in [5.41, 5.74) is -5.73. The van der Waals surface area contributed by atoms with Crippen molar-refractivity contribution >= 4 is 19.4 Å². The Hall–Kier alpha value is -2.08. The maximum atomic E-state index is 13.2. The molecular weight excluding hydrogens is 417 g/mol. The van der Waals surface area contributed by atoms with Crippen molar-refractivity contribution in [2.24, 2.45) is 0 Å². The number of carbonyl (C=O) groups excluding carboxylic acids is 1. The highest BCUT2D eigenvalue weighted by Gasteiger charge is 2.42. The Morgan fingerprint density at radius 2 is 1.45 bits per heavy atom. The van der Waals surface area contributed by atoms with E-state index in [1.165, 1.54) is 12.1 Å². The molecule has 0 amide bonds. The average Bonchev–Trinajstić information content (AvgIpc) is 2.64. The smallest absolute Gasteiger partial charge is 0.417 e. The van der Waals surface area contributed by atoms with Crippen LogP contribution in [0.2, 0.25) is 0 Å². The van der Waals surface area contributed by atoms with Crippen LogP contribution in [0.15, 0.2) is 42.5 Å². The first-order valence-electron chi connectivity index (χ1n) is 8.85. The second-order valence-electron chi connectivity index (χ2n) is 6.26. The van der Waals surface area contributed by atoms with Crippen LogP contribution < -0.4 is 10.0 Å². The van der Waals surface area contributed by atoms with Gasteiger partial charge in [-0.2, -0.15) is 26.3 Å². The summed E-state index contributed by atoms with van der Waals surface area (Å²) < 4.78 is 84.8. The Labute approximate surface area is 166 Å². The van der Waals surface area contributed by atoms with Gasteiger partial charge >= 0.3 is 12.4 Å². The number of hydrogen-bond donors (Lipinski definition) is 0. The Balaban J connectivity index is 2.24. The summed E-state index contributed by atoms with van der Waals surface area (Å²) in [6.07, 6.45) is -7.24. The molecule has 0 fully saturated rings. The molecule has 0 saturated heterocycles. The molecule has 0 spiro atoms. The molecule has 1 unspecified atom stereocenters. The molecule has 0 aliphatic heterocycles. The number of halogens is 6. The van der Waals surface area contributed by atoms with E-state index in [0.29, 0.717) is 35.9 Å². The molecule has 0 N–H and O–H groups in total. The van der Waals surface area contributed by atoms with Crippen molar-refractivity contribution in [1.29, 1.82) is 0 Å². The lowest BCUT2D eigenvalue weighted by atomic mass is 10.0. The van der Waals surface area contributed by atoms with Gasteiger partial charge in [-0.15, -0.1) is 0 Å².